The van der Waals surface area contributed by atoms with Gasteiger partial charge in [-0.05, 0) is 31.5 Å². The molecule has 3 aromatic rings. The number of aryl methyl sites for hydroxylation is 1. The van der Waals surface area contributed by atoms with Gasteiger partial charge in [0.1, 0.15) is 11.8 Å². The first-order valence-electron chi connectivity index (χ1n) is 7.43. The maximum Gasteiger partial charge on any atom is 0.271 e. The first kappa shape index (κ1) is 16.1. The van der Waals surface area contributed by atoms with Crippen LogP contribution in [0.3, 0.4) is 0 Å². The number of anilines is 2. The summed E-state index contributed by atoms with van der Waals surface area (Å²) in [5.41, 5.74) is 4.17. The fraction of sp³-hybridized carbons (Fsp3) is 0.118. The molecule has 25 heavy (non-hydrogen) atoms. The van der Waals surface area contributed by atoms with E-state index in [0.717, 1.165) is 16.8 Å². The predicted molar refractivity (Wildman–Crippen MR) is 92.4 cm³/mol. The Morgan fingerprint density at radius 3 is 2.80 bits per heavy atom. The highest BCUT2D eigenvalue weighted by Gasteiger charge is 2.15. The number of H-pyrrole nitrogens is 1. The van der Waals surface area contributed by atoms with E-state index >= 15 is 0 Å². The SMILES string of the molecule is Cc1[nH]c(C#N)c(C)c1-c1ccnc(Nc2cccc([N+](=O)[O-])c2)n1. The number of nitrogens with zero attached hydrogens (tertiary/aromatic N) is 4. The van der Waals surface area contributed by atoms with Gasteiger partial charge in [0.2, 0.25) is 5.95 Å². The second kappa shape index (κ2) is 6.41. The highest BCUT2D eigenvalue weighted by atomic mass is 16.6. The summed E-state index contributed by atoms with van der Waals surface area (Å²) in [6, 6.07) is 9.99. The lowest BCUT2D eigenvalue weighted by atomic mass is 10.1. The molecule has 0 unspecified atom stereocenters. The molecule has 0 atom stereocenters. The molecule has 0 radical (unpaired) electrons. The third kappa shape index (κ3) is 3.16. The van der Waals surface area contributed by atoms with Gasteiger partial charge < -0.3 is 10.3 Å². The predicted octanol–water partition coefficient (Wildman–Crippen LogP) is 3.61. The summed E-state index contributed by atoms with van der Waals surface area (Å²) in [5.74, 6) is 0.316. The molecule has 1 aromatic carbocycles. The summed E-state index contributed by atoms with van der Waals surface area (Å²) in [6.45, 7) is 3.73. The quantitative estimate of drug-likeness (QED) is 0.555. The Balaban J connectivity index is 1.96. The molecule has 8 nitrogen and oxygen atoms in total. The van der Waals surface area contributed by atoms with E-state index < -0.39 is 4.92 Å². The second-order valence-electron chi connectivity index (χ2n) is 5.43. The molecule has 2 aromatic heterocycles. The van der Waals surface area contributed by atoms with Gasteiger partial charge in [-0.3, -0.25) is 10.1 Å². The first-order chi connectivity index (χ1) is 12.0. The van der Waals surface area contributed by atoms with Crippen LogP contribution in [0.25, 0.3) is 11.3 Å². The maximum absolute atomic E-state index is 10.9. The van der Waals surface area contributed by atoms with Crippen LogP contribution in [0.15, 0.2) is 36.5 Å². The molecule has 0 aliphatic carbocycles. The third-order valence-corrected chi connectivity index (χ3v) is 3.77. The van der Waals surface area contributed by atoms with Crippen molar-refractivity contribution in [2.24, 2.45) is 0 Å². The maximum atomic E-state index is 10.9. The van der Waals surface area contributed by atoms with Gasteiger partial charge >= 0.3 is 0 Å². The van der Waals surface area contributed by atoms with Crippen molar-refractivity contribution >= 4 is 17.3 Å². The number of hydrogen-bond acceptors (Lipinski definition) is 6. The molecular weight excluding hydrogens is 320 g/mol. The number of hydrogen-bond donors (Lipinski definition) is 2. The number of aromatic amines is 1. The van der Waals surface area contributed by atoms with Crippen LogP contribution in [0.5, 0.6) is 0 Å². The normalized spacial score (nSPS) is 10.3. The van der Waals surface area contributed by atoms with E-state index in [0.29, 0.717) is 23.0 Å². The smallest absolute Gasteiger partial charge is 0.271 e. The highest BCUT2D eigenvalue weighted by molar-refractivity contribution is 5.70. The van der Waals surface area contributed by atoms with Crippen LogP contribution in [-0.4, -0.2) is 19.9 Å². The van der Waals surface area contributed by atoms with Gasteiger partial charge in [-0.2, -0.15) is 5.26 Å². The third-order valence-electron chi connectivity index (χ3n) is 3.77. The highest BCUT2D eigenvalue weighted by Crippen LogP contribution is 2.28. The molecule has 0 aliphatic rings. The van der Waals surface area contributed by atoms with Crippen LogP contribution < -0.4 is 5.32 Å². The van der Waals surface area contributed by atoms with E-state index in [1.807, 2.05) is 13.8 Å². The topological polar surface area (TPSA) is 121 Å². The fourth-order valence-electron chi connectivity index (χ4n) is 2.63. The van der Waals surface area contributed by atoms with Crippen LogP contribution in [-0.2, 0) is 0 Å². The molecule has 8 heteroatoms. The zero-order valence-electron chi connectivity index (χ0n) is 13.6. The Hall–Kier alpha value is -3.73. The number of rotatable bonds is 4. The van der Waals surface area contributed by atoms with Crippen molar-refractivity contribution in [3.05, 3.63) is 63.6 Å². The van der Waals surface area contributed by atoms with Crippen molar-refractivity contribution in [3.63, 3.8) is 0 Å². The average Bonchev–Trinajstić information content (AvgIpc) is 2.89. The molecular formula is C17H14N6O2. The lowest BCUT2D eigenvalue weighted by molar-refractivity contribution is -0.384. The fourth-order valence-corrected chi connectivity index (χ4v) is 2.63. The molecule has 3 rings (SSSR count). The van der Waals surface area contributed by atoms with Crippen molar-refractivity contribution in [1.29, 1.82) is 5.26 Å². The Labute approximate surface area is 143 Å². The molecule has 124 valence electrons. The molecule has 0 spiro atoms. The lowest BCUT2D eigenvalue weighted by Crippen LogP contribution is -1.99. The minimum Gasteiger partial charge on any atom is -0.350 e. The number of nitro groups is 1. The molecule has 0 aliphatic heterocycles. The summed E-state index contributed by atoms with van der Waals surface area (Å²) in [5, 5.41) is 23.0. The zero-order chi connectivity index (χ0) is 18.0. The minimum atomic E-state index is -0.460. The Morgan fingerprint density at radius 2 is 2.12 bits per heavy atom. The number of benzene rings is 1. The van der Waals surface area contributed by atoms with Gasteiger partial charge in [0.15, 0.2) is 0 Å². The van der Waals surface area contributed by atoms with E-state index in [2.05, 4.69) is 26.3 Å². The number of aromatic nitrogens is 3. The summed E-state index contributed by atoms with van der Waals surface area (Å²) < 4.78 is 0. The van der Waals surface area contributed by atoms with Crippen molar-refractivity contribution in [3.8, 4) is 17.3 Å². The monoisotopic (exact) mass is 334 g/mol. The summed E-state index contributed by atoms with van der Waals surface area (Å²) in [6.07, 6.45) is 1.60. The van der Waals surface area contributed by atoms with E-state index in [4.69, 9.17) is 5.26 Å². The number of nitro benzene ring substituents is 1. The van der Waals surface area contributed by atoms with Gasteiger partial charge in [-0.15, -0.1) is 0 Å². The molecule has 2 heterocycles. The second-order valence-corrected chi connectivity index (χ2v) is 5.43. The van der Waals surface area contributed by atoms with E-state index in [1.54, 1.807) is 24.4 Å². The van der Waals surface area contributed by atoms with Crippen LogP contribution in [0.1, 0.15) is 17.0 Å². The van der Waals surface area contributed by atoms with E-state index in [9.17, 15) is 10.1 Å². The standard InChI is InChI=1S/C17H14N6O2/c1-10-15(9-18)20-11(2)16(10)14-6-7-19-17(22-14)21-12-4-3-5-13(8-12)23(24)25/h3-8,20H,1-2H3,(H,19,21,22). The summed E-state index contributed by atoms with van der Waals surface area (Å²) >= 11 is 0. The van der Waals surface area contributed by atoms with Gasteiger partial charge in [-0.1, -0.05) is 6.07 Å². The largest absolute Gasteiger partial charge is 0.350 e. The molecule has 2 N–H and O–H groups in total. The van der Waals surface area contributed by atoms with E-state index in [-0.39, 0.29) is 5.69 Å². The van der Waals surface area contributed by atoms with Gasteiger partial charge in [0.25, 0.3) is 5.69 Å². The molecule has 0 saturated carbocycles. The van der Waals surface area contributed by atoms with Crippen LogP contribution in [0.2, 0.25) is 0 Å². The molecule has 0 amide bonds. The van der Waals surface area contributed by atoms with Gasteiger partial charge in [0, 0.05) is 35.3 Å². The molecule has 0 saturated heterocycles. The summed E-state index contributed by atoms with van der Waals surface area (Å²) in [7, 11) is 0. The number of nitrogens with one attached hydrogen (secondary N) is 2. The Bertz CT molecular complexity index is 1000. The number of non-ortho nitro benzene ring substituents is 1. The van der Waals surface area contributed by atoms with Gasteiger partial charge in [0.05, 0.1) is 10.6 Å². The van der Waals surface area contributed by atoms with Crippen molar-refractivity contribution in [2.75, 3.05) is 5.32 Å². The molecule has 0 bridgehead atoms. The Morgan fingerprint density at radius 1 is 1.32 bits per heavy atom. The van der Waals surface area contributed by atoms with Crippen molar-refractivity contribution in [1.82, 2.24) is 15.0 Å². The van der Waals surface area contributed by atoms with E-state index in [1.165, 1.54) is 12.1 Å². The first-order valence-corrected chi connectivity index (χ1v) is 7.43. The Kier molecular flexibility index (Phi) is 4.14. The minimum absolute atomic E-state index is 0.0165. The van der Waals surface area contributed by atoms with Crippen molar-refractivity contribution < 1.29 is 4.92 Å². The van der Waals surface area contributed by atoms with Crippen molar-refractivity contribution in [2.45, 2.75) is 13.8 Å². The van der Waals surface area contributed by atoms with Crippen LogP contribution in [0.4, 0.5) is 17.3 Å². The van der Waals surface area contributed by atoms with Crippen LogP contribution >= 0.6 is 0 Å². The molecule has 0 fully saturated rings. The van der Waals surface area contributed by atoms with Crippen LogP contribution in [0, 0.1) is 35.3 Å². The zero-order valence-corrected chi connectivity index (χ0v) is 13.6. The van der Waals surface area contributed by atoms with Gasteiger partial charge in [-0.25, -0.2) is 9.97 Å². The average molecular weight is 334 g/mol. The lowest BCUT2D eigenvalue weighted by Gasteiger charge is -2.07. The summed E-state index contributed by atoms with van der Waals surface area (Å²) in [4.78, 5) is 22.1. The number of nitriles is 1.